The topological polar surface area (TPSA) is 32.5 Å². The molecule has 0 spiro atoms. The Morgan fingerprint density at radius 2 is 1.67 bits per heavy atom. The van der Waals surface area contributed by atoms with Gasteiger partial charge < -0.3 is 10.6 Å². The zero-order valence-corrected chi connectivity index (χ0v) is 15.2. The second-order valence-corrected chi connectivity index (χ2v) is 8.91. The highest BCUT2D eigenvalue weighted by molar-refractivity contribution is 5.05. The zero-order chi connectivity index (χ0) is 15.9. The highest BCUT2D eigenvalue weighted by Crippen LogP contribution is 2.47. The molecule has 0 aromatic rings. The molecule has 0 radical (unpaired) electrons. The van der Waals surface area contributed by atoms with Gasteiger partial charge in [-0.25, -0.2) is 0 Å². The van der Waals surface area contributed by atoms with Gasteiger partial charge in [-0.1, -0.05) is 20.8 Å². The van der Waals surface area contributed by atoms with Crippen LogP contribution in [-0.2, 0) is 0 Å². The van der Waals surface area contributed by atoms with Gasteiger partial charge in [-0.3, -0.25) is 4.90 Å². The average Bonchev–Trinajstić information content (AvgIpc) is 2.33. The van der Waals surface area contributed by atoms with E-state index in [-0.39, 0.29) is 5.54 Å². The highest BCUT2D eigenvalue weighted by Gasteiger charge is 2.49. The summed E-state index contributed by atoms with van der Waals surface area (Å²) in [6.45, 7) is 9.22. The molecular weight excluding hydrogens is 258 g/mol. The van der Waals surface area contributed by atoms with Crippen molar-refractivity contribution in [1.82, 2.24) is 9.80 Å². The first-order valence-electron chi connectivity index (χ1n) is 8.76. The SMILES string of the molecule is CC1CC(C)(C)CCC1(CN)N(C)CC1(N(C)C)CCC1. The van der Waals surface area contributed by atoms with E-state index < -0.39 is 0 Å². The minimum Gasteiger partial charge on any atom is -0.329 e. The Morgan fingerprint density at radius 3 is 2.05 bits per heavy atom. The molecule has 124 valence electrons. The molecule has 2 atom stereocenters. The van der Waals surface area contributed by atoms with Crippen LogP contribution in [0, 0.1) is 11.3 Å². The third-order valence-corrected chi connectivity index (χ3v) is 6.89. The van der Waals surface area contributed by atoms with E-state index in [1.165, 1.54) is 45.1 Å². The van der Waals surface area contributed by atoms with E-state index >= 15 is 0 Å². The lowest BCUT2D eigenvalue weighted by Gasteiger charge is -2.57. The van der Waals surface area contributed by atoms with Crippen molar-refractivity contribution in [3.8, 4) is 0 Å². The Balaban J connectivity index is 2.13. The summed E-state index contributed by atoms with van der Waals surface area (Å²) in [6, 6.07) is 0. The van der Waals surface area contributed by atoms with Crippen molar-refractivity contribution in [2.45, 2.75) is 70.4 Å². The van der Waals surface area contributed by atoms with E-state index in [2.05, 4.69) is 51.7 Å². The fourth-order valence-corrected chi connectivity index (χ4v) is 4.88. The molecule has 2 unspecified atom stereocenters. The zero-order valence-electron chi connectivity index (χ0n) is 15.2. The summed E-state index contributed by atoms with van der Waals surface area (Å²) < 4.78 is 0. The molecule has 2 aliphatic rings. The van der Waals surface area contributed by atoms with E-state index in [0.29, 0.717) is 16.9 Å². The van der Waals surface area contributed by atoms with Gasteiger partial charge in [0.2, 0.25) is 0 Å². The molecule has 2 fully saturated rings. The monoisotopic (exact) mass is 295 g/mol. The molecule has 3 nitrogen and oxygen atoms in total. The number of nitrogens with zero attached hydrogens (tertiary/aromatic N) is 2. The number of likely N-dealkylation sites (N-methyl/N-ethyl adjacent to an activating group) is 2. The minimum absolute atomic E-state index is 0.202. The Hall–Kier alpha value is -0.120. The molecule has 2 rings (SSSR count). The quantitative estimate of drug-likeness (QED) is 0.846. The Morgan fingerprint density at radius 1 is 1.05 bits per heavy atom. The van der Waals surface area contributed by atoms with Crippen LogP contribution in [-0.4, -0.2) is 55.1 Å². The molecule has 0 saturated heterocycles. The van der Waals surface area contributed by atoms with E-state index in [0.717, 1.165) is 6.54 Å². The lowest BCUT2D eigenvalue weighted by molar-refractivity contribution is -0.0546. The van der Waals surface area contributed by atoms with Crippen LogP contribution >= 0.6 is 0 Å². The van der Waals surface area contributed by atoms with Gasteiger partial charge in [-0.2, -0.15) is 0 Å². The van der Waals surface area contributed by atoms with Crippen LogP contribution in [0.25, 0.3) is 0 Å². The van der Waals surface area contributed by atoms with Crippen molar-refractivity contribution in [1.29, 1.82) is 0 Å². The van der Waals surface area contributed by atoms with E-state index in [1.807, 2.05) is 0 Å². The molecule has 21 heavy (non-hydrogen) atoms. The van der Waals surface area contributed by atoms with Gasteiger partial charge in [-0.05, 0) is 71.0 Å². The standard InChI is InChI=1S/C18H37N3/c1-15-12-16(2,3)10-11-18(15,13-19)21(6)14-17(20(4)5)8-7-9-17/h15H,7-14,19H2,1-6H3. The van der Waals surface area contributed by atoms with Crippen molar-refractivity contribution >= 4 is 0 Å². The van der Waals surface area contributed by atoms with Crippen molar-refractivity contribution in [2.75, 3.05) is 34.2 Å². The van der Waals surface area contributed by atoms with Crippen LogP contribution in [0.4, 0.5) is 0 Å². The normalized spacial score (nSPS) is 35.0. The van der Waals surface area contributed by atoms with E-state index in [9.17, 15) is 0 Å². The molecular formula is C18H37N3. The summed E-state index contributed by atoms with van der Waals surface area (Å²) in [4.78, 5) is 5.08. The predicted octanol–water partition coefficient (Wildman–Crippen LogP) is 2.95. The van der Waals surface area contributed by atoms with Crippen LogP contribution < -0.4 is 5.73 Å². The molecule has 0 amide bonds. The fraction of sp³-hybridized carbons (Fsp3) is 1.00. The molecule has 0 aromatic heterocycles. The first-order valence-corrected chi connectivity index (χ1v) is 8.76. The third kappa shape index (κ3) is 3.02. The first-order chi connectivity index (χ1) is 9.67. The summed E-state index contributed by atoms with van der Waals surface area (Å²) >= 11 is 0. The van der Waals surface area contributed by atoms with Gasteiger partial charge >= 0.3 is 0 Å². The van der Waals surface area contributed by atoms with Gasteiger partial charge in [-0.15, -0.1) is 0 Å². The summed E-state index contributed by atoms with van der Waals surface area (Å²) in [5, 5.41) is 0. The molecule has 0 aliphatic heterocycles. The van der Waals surface area contributed by atoms with E-state index in [4.69, 9.17) is 5.73 Å². The van der Waals surface area contributed by atoms with Crippen LogP contribution in [0.2, 0.25) is 0 Å². The van der Waals surface area contributed by atoms with E-state index in [1.54, 1.807) is 0 Å². The molecule has 0 heterocycles. The maximum absolute atomic E-state index is 6.32. The number of hydrogen-bond donors (Lipinski definition) is 1. The highest BCUT2D eigenvalue weighted by atomic mass is 15.3. The predicted molar refractivity (Wildman–Crippen MR) is 91.5 cm³/mol. The fourth-order valence-electron chi connectivity index (χ4n) is 4.88. The number of rotatable bonds is 5. The maximum atomic E-state index is 6.32. The summed E-state index contributed by atoms with van der Waals surface area (Å²) in [7, 11) is 6.82. The summed E-state index contributed by atoms with van der Waals surface area (Å²) in [6.07, 6.45) is 7.90. The van der Waals surface area contributed by atoms with Crippen LogP contribution in [0.1, 0.15) is 59.3 Å². The summed E-state index contributed by atoms with van der Waals surface area (Å²) in [5.41, 5.74) is 7.39. The van der Waals surface area contributed by atoms with Gasteiger partial charge in [0.05, 0.1) is 0 Å². The number of hydrogen-bond acceptors (Lipinski definition) is 3. The maximum Gasteiger partial charge on any atom is 0.0355 e. The van der Waals surface area contributed by atoms with Gasteiger partial charge in [0.15, 0.2) is 0 Å². The second kappa shape index (κ2) is 5.82. The van der Waals surface area contributed by atoms with Gasteiger partial charge in [0, 0.05) is 24.2 Å². The van der Waals surface area contributed by atoms with Crippen molar-refractivity contribution in [3.63, 3.8) is 0 Å². The van der Waals surface area contributed by atoms with Gasteiger partial charge in [0.25, 0.3) is 0 Å². The van der Waals surface area contributed by atoms with Crippen molar-refractivity contribution < 1.29 is 0 Å². The van der Waals surface area contributed by atoms with Crippen LogP contribution in [0.5, 0.6) is 0 Å². The lowest BCUT2D eigenvalue weighted by Crippen LogP contribution is -2.65. The number of nitrogens with two attached hydrogens (primary N) is 1. The average molecular weight is 296 g/mol. The molecule has 2 N–H and O–H groups in total. The molecule has 2 aliphatic carbocycles. The third-order valence-electron chi connectivity index (χ3n) is 6.89. The molecule has 2 saturated carbocycles. The van der Waals surface area contributed by atoms with Gasteiger partial charge in [0.1, 0.15) is 0 Å². The van der Waals surface area contributed by atoms with Crippen LogP contribution in [0.15, 0.2) is 0 Å². The molecule has 0 aromatic carbocycles. The van der Waals surface area contributed by atoms with Crippen molar-refractivity contribution in [2.24, 2.45) is 17.1 Å². The minimum atomic E-state index is 0.202. The Bertz CT molecular complexity index is 359. The van der Waals surface area contributed by atoms with Crippen molar-refractivity contribution in [3.05, 3.63) is 0 Å². The first kappa shape index (κ1) is 17.2. The van der Waals surface area contributed by atoms with Crippen LogP contribution in [0.3, 0.4) is 0 Å². The molecule has 3 heteroatoms. The summed E-state index contributed by atoms with van der Waals surface area (Å²) in [5.74, 6) is 0.676. The smallest absolute Gasteiger partial charge is 0.0355 e. The largest absolute Gasteiger partial charge is 0.329 e. The molecule has 0 bridgehead atoms. The Kier molecular flexibility index (Phi) is 4.78. The Labute approximate surface area is 132 Å². The second-order valence-electron chi connectivity index (χ2n) is 8.91. The lowest BCUT2D eigenvalue weighted by atomic mass is 9.62.